The van der Waals surface area contributed by atoms with E-state index in [0.29, 0.717) is 0 Å². The van der Waals surface area contributed by atoms with Gasteiger partial charge in [0.2, 0.25) is 0 Å². The normalized spacial score (nSPS) is 19.2. The monoisotopic (exact) mass is 326 g/mol. The topological polar surface area (TPSA) is 37.3 Å². The van der Waals surface area contributed by atoms with Gasteiger partial charge in [-0.25, -0.2) is 0 Å². The highest BCUT2D eigenvalue weighted by Gasteiger charge is 2.54. The molecule has 0 fully saturated rings. The zero-order valence-corrected chi connectivity index (χ0v) is 9.70. The Hall–Kier alpha value is 0.220. The van der Waals surface area contributed by atoms with Crippen LogP contribution in [0.1, 0.15) is 13.3 Å². The Morgan fingerprint density at radius 1 is 1.54 bits per heavy atom. The third-order valence-electron chi connectivity index (χ3n) is 1.56. The molecule has 78 valence electrons. The number of rotatable bonds is 3. The van der Waals surface area contributed by atoms with E-state index in [1.807, 2.05) is 0 Å². The van der Waals surface area contributed by atoms with E-state index in [4.69, 9.17) is 5.11 Å². The van der Waals surface area contributed by atoms with Gasteiger partial charge in [0, 0.05) is 0 Å². The molecule has 2 unspecified atom stereocenters. The Bertz CT molecular complexity index is 207. The molecule has 0 aromatic carbocycles. The zero-order valence-electron chi connectivity index (χ0n) is 6.53. The quantitative estimate of drug-likeness (QED) is 0.809. The maximum absolute atomic E-state index is 12.2. The molecule has 0 aliphatic heterocycles. The minimum Gasteiger partial charge on any atom is -0.480 e. The van der Waals surface area contributed by atoms with Gasteiger partial charge in [-0.1, -0.05) is 38.8 Å². The third-order valence-corrected chi connectivity index (χ3v) is 4.83. The first-order valence-electron chi connectivity index (χ1n) is 3.29. The zero-order chi connectivity index (χ0) is 10.9. The van der Waals surface area contributed by atoms with E-state index in [1.165, 1.54) is 6.92 Å². The van der Waals surface area contributed by atoms with Crippen molar-refractivity contribution in [3.8, 4) is 0 Å². The molecular weight excluding hydrogens is 321 g/mol. The van der Waals surface area contributed by atoms with Crippen LogP contribution in [-0.4, -0.2) is 26.4 Å². The Morgan fingerprint density at radius 3 is 2.00 bits per heavy atom. The second-order valence-electron chi connectivity index (χ2n) is 2.43. The van der Waals surface area contributed by atoms with E-state index in [9.17, 15) is 18.0 Å². The SMILES string of the molecule is CCC(Br)(C(=O)O)C(Br)C(F)(F)F. The second-order valence-corrected chi connectivity index (χ2v) is 4.76. The molecule has 0 aromatic rings. The van der Waals surface area contributed by atoms with Crippen molar-refractivity contribution in [2.75, 3.05) is 0 Å². The van der Waals surface area contributed by atoms with Crippen LogP contribution in [0.5, 0.6) is 0 Å². The lowest BCUT2D eigenvalue weighted by atomic mass is 10.0. The van der Waals surface area contributed by atoms with Gasteiger partial charge in [-0.2, -0.15) is 13.2 Å². The van der Waals surface area contributed by atoms with Gasteiger partial charge < -0.3 is 5.11 Å². The molecule has 2 atom stereocenters. The van der Waals surface area contributed by atoms with Crippen molar-refractivity contribution in [3.05, 3.63) is 0 Å². The Kier molecular flexibility index (Phi) is 4.23. The molecule has 0 aliphatic carbocycles. The van der Waals surface area contributed by atoms with Gasteiger partial charge in [-0.05, 0) is 6.42 Å². The van der Waals surface area contributed by atoms with Gasteiger partial charge in [0.15, 0.2) is 0 Å². The highest BCUT2D eigenvalue weighted by molar-refractivity contribution is 9.12. The van der Waals surface area contributed by atoms with Crippen LogP contribution in [-0.2, 0) is 4.79 Å². The molecule has 0 aliphatic rings. The van der Waals surface area contributed by atoms with Crippen LogP contribution in [0.3, 0.4) is 0 Å². The number of carboxylic acids is 1. The summed E-state index contributed by atoms with van der Waals surface area (Å²) in [6.07, 6.45) is -4.75. The summed E-state index contributed by atoms with van der Waals surface area (Å²) in [5.74, 6) is -1.53. The van der Waals surface area contributed by atoms with Crippen molar-refractivity contribution in [1.29, 1.82) is 0 Å². The van der Waals surface area contributed by atoms with Crippen LogP contribution in [0.4, 0.5) is 13.2 Å². The van der Waals surface area contributed by atoms with Gasteiger partial charge in [0.25, 0.3) is 0 Å². The molecule has 0 spiro atoms. The molecule has 0 aromatic heterocycles. The van der Waals surface area contributed by atoms with Crippen molar-refractivity contribution < 1.29 is 23.1 Å². The van der Waals surface area contributed by atoms with Crippen LogP contribution in [0.25, 0.3) is 0 Å². The van der Waals surface area contributed by atoms with Gasteiger partial charge in [0.1, 0.15) is 9.15 Å². The van der Waals surface area contributed by atoms with Gasteiger partial charge >= 0.3 is 12.1 Å². The summed E-state index contributed by atoms with van der Waals surface area (Å²) in [6.45, 7) is 1.36. The van der Waals surface area contributed by atoms with E-state index in [2.05, 4.69) is 31.9 Å². The number of alkyl halides is 5. The van der Waals surface area contributed by atoms with Crippen molar-refractivity contribution in [3.63, 3.8) is 0 Å². The minimum absolute atomic E-state index is 0.169. The molecule has 0 saturated carbocycles. The maximum Gasteiger partial charge on any atom is 0.403 e. The Morgan fingerprint density at radius 2 is 1.92 bits per heavy atom. The summed E-state index contributed by atoms with van der Waals surface area (Å²) >= 11 is 4.91. The summed E-state index contributed by atoms with van der Waals surface area (Å²) in [6, 6.07) is 0. The molecule has 0 radical (unpaired) electrons. The van der Waals surface area contributed by atoms with Crippen molar-refractivity contribution in [1.82, 2.24) is 0 Å². The average Bonchev–Trinajstić information content (AvgIpc) is 1.99. The lowest BCUT2D eigenvalue weighted by molar-refractivity contribution is -0.154. The first-order chi connectivity index (χ1) is 5.66. The number of carboxylic acid groups (broad SMARTS) is 1. The van der Waals surface area contributed by atoms with Crippen LogP contribution < -0.4 is 0 Å². The minimum atomic E-state index is -4.59. The molecule has 0 rings (SSSR count). The highest BCUT2D eigenvalue weighted by Crippen LogP contribution is 2.41. The lowest BCUT2D eigenvalue weighted by Crippen LogP contribution is -2.47. The predicted octanol–water partition coefficient (Wildman–Crippen LogP) is 2.94. The predicted molar refractivity (Wildman–Crippen MR) is 48.4 cm³/mol. The fraction of sp³-hybridized carbons (Fsp3) is 0.833. The Labute approximate surface area is 89.8 Å². The van der Waals surface area contributed by atoms with E-state index >= 15 is 0 Å². The third kappa shape index (κ3) is 2.83. The number of carbonyl (C=O) groups is 1. The van der Waals surface area contributed by atoms with Crippen molar-refractivity contribution in [2.24, 2.45) is 0 Å². The number of hydrogen-bond donors (Lipinski definition) is 1. The largest absolute Gasteiger partial charge is 0.480 e. The lowest BCUT2D eigenvalue weighted by Gasteiger charge is -2.28. The summed E-state index contributed by atoms with van der Waals surface area (Å²) in [4.78, 5) is 8.46. The first kappa shape index (κ1) is 13.2. The smallest absolute Gasteiger partial charge is 0.403 e. The molecule has 7 heteroatoms. The first-order valence-corrected chi connectivity index (χ1v) is 5.00. The summed E-state index contributed by atoms with van der Waals surface area (Å²) in [7, 11) is 0. The molecule has 0 amide bonds. The van der Waals surface area contributed by atoms with E-state index in [-0.39, 0.29) is 6.42 Å². The second kappa shape index (κ2) is 4.16. The molecular formula is C6H7Br2F3O2. The summed E-state index contributed by atoms with van der Waals surface area (Å²) in [5, 5.41) is 8.59. The molecule has 0 bridgehead atoms. The average molecular weight is 328 g/mol. The molecule has 13 heavy (non-hydrogen) atoms. The van der Waals surface area contributed by atoms with Crippen molar-refractivity contribution in [2.45, 2.75) is 28.7 Å². The van der Waals surface area contributed by atoms with E-state index < -0.39 is 21.3 Å². The summed E-state index contributed by atoms with van der Waals surface area (Å²) < 4.78 is 34.5. The van der Waals surface area contributed by atoms with E-state index in [0.717, 1.165) is 0 Å². The van der Waals surface area contributed by atoms with Gasteiger partial charge in [0.05, 0.1) is 0 Å². The van der Waals surface area contributed by atoms with E-state index in [1.54, 1.807) is 0 Å². The highest BCUT2D eigenvalue weighted by atomic mass is 79.9. The van der Waals surface area contributed by atoms with Crippen LogP contribution in [0.2, 0.25) is 0 Å². The van der Waals surface area contributed by atoms with Crippen LogP contribution in [0, 0.1) is 0 Å². The van der Waals surface area contributed by atoms with Gasteiger partial charge in [-0.3, -0.25) is 4.79 Å². The van der Waals surface area contributed by atoms with Gasteiger partial charge in [-0.15, -0.1) is 0 Å². The molecule has 1 N–H and O–H groups in total. The Balaban J connectivity index is 4.88. The summed E-state index contributed by atoms with van der Waals surface area (Å²) in [5.41, 5.74) is 0. The standard InChI is InChI=1S/C6H7Br2F3O2/c1-2-5(8,4(12)13)3(7)6(9,10)11/h3H,2H2,1H3,(H,12,13). The number of aliphatic carboxylic acids is 1. The van der Waals surface area contributed by atoms with Crippen LogP contribution in [0.15, 0.2) is 0 Å². The molecule has 0 saturated heterocycles. The van der Waals surface area contributed by atoms with Crippen molar-refractivity contribution >= 4 is 37.8 Å². The number of halogens is 5. The maximum atomic E-state index is 12.2. The fourth-order valence-corrected chi connectivity index (χ4v) is 1.48. The van der Waals surface area contributed by atoms with Crippen LogP contribution >= 0.6 is 31.9 Å². The molecule has 0 heterocycles. The number of hydrogen-bond acceptors (Lipinski definition) is 1. The molecule has 2 nitrogen and oxygen atoms in total. The fourth-order valence-electron chi connectivity index (χ4n) is 0.698.